The van der Waals surface area contributed by atoms with Gasteiger partial charge in [0.2, 0.25) is 5.91 Å². The largest absolute Gasteiger partial charge is 0.491 e. The summed E-state index contributed by atoms with van der Waals surface area (Å²) in [6.07, 6.45) is 1.89. The second kappa shape index (κ2) is 8.07. The lowest BCUT2D eigenvalue weighted by Gasteiger charge is -2.11. The first kappa shape index (κ1) is 16.7. The summed E-state index contributed by atoms with van der Waals surface area (Å²) in [4.78, 5) is 11.8. The van der Waals surface area contributed by atoms with E-state index >= 15 is 0 Å². The minimum Gasteiger partial charge on any atom is -0.491 e. The molecule has 1 aliphatic heterocycles. The van der Waals surface area contributed by atoms with Crippen molar-refractivity contribution in [1.82, 2.24) is 10.6 Å². The van der Waals surface area contributed by atoms with Crippen molar-refractivity contribution in [3.05, 3.63) is 29.6 Å². The van der Waals surface area contributed by atoms with Gasteiger partial charge in [0.05, 0.1) is 12.6 Å². The van der Waals surface area contributed by atoms with Crippen molar-refractivity contribution >= 4 is 18.3 Å². The fourth-order valence-electron chi connectivity index (χ4n) is 2.15. The topological polar surface area (TPSA) is 50.4 Å². The molecule has 0 bridgehead atoms. The van der Waals surface area contributed by atoms with Gasteiger partial charge in [0.1, 0.15) is 0 Å². The smallest absolute Gasteiger partial charge is 0.237 e. The summed E-state index contributed by atoms with van der Waals surface area (Å²) in [5.74, 6) is -0.172. The molecule has 0 aromatic heterocycles. The van der Waals surface area contributed by atoms with Crippen LogP contribution in [0.25, 0.3) is 0 Å². The lowest BCUT2D eigenvalue weighted by molar-refractivity contribution is -0.122. The maximum Gasteiger partial charge on any atom is 0.237 e. The molecule has 2 N–H and O–H groups in total. The summed E-state index contributed by atoms with van der Waals surface area (Å²) in [5.41, 5.74) is 0.729. The van der Waals surface area contributed by atoms with Gasteiger partial charge in [-0.1, -0.05) is 6.07 Å². The van der Waals surface area contributed by atoms with Crippen LogP contribution in [0.1, 0.15) is 25.3 Å². The molecule has 2 rings (SSSR count). The lowest BCUT2D eigenvalue weighted by Crippen LogP contribution is -2.40. The van der Waals surface area contributed by atoms with Crippen LogP contribution in [0.5, 0.6) is 5.75 Å². The van der Waals surface area contributed by atoms with Gasteiger partial charge in [-0.2, -0.15) is 0 Å². The highest BCUT2D eigenvalue weighted by Gasteiger charge is 2.21. The van der Waals surface area contributed by atoms with Gasteiger partial charge in [-0.3, -0.25) is 4.79 Å². The van der Waals surface area contributed by atoms with E-state index in [-0.39, 0.29) is 30.1 Å². The highest BCUT2D eigenvalue weighted by Crippen LogP contribution is 2.18. The van der Waals surface area contributed by atoms with Gasteiger partial charge < -0.3 is 15.4 Å². The molecule has 0 radical (unpaired) electrons. The number of hydrogen-bond donors (Lipinski definition) is 2. The van der Waals surface area contributed by atoms with Gasteiger partial charge >= 0.3 is 0 Å². The van der Waals surface area contributed by atoms with Crippen LogP contribution in [0.4, 0.5) is 4.39 Å². The molecule has 4 nitrogen and oxygen atoms in total. The van der Waals surface area contributed by atoms with E-state index in [1.165, 1.54) is 6.07 Å². The Morgan fingerprint density at radius 2 is 2.35 bits per heavy atom. The Hall–Kier alpha value is -1.33. The van der Waals surface area contributed by atoms with Crippen molar-refractivity contribution in [2.75, 3.05) is 13.2 Å². The van der Waals surface area contributed by atoms with E-state index in [1.807, 2.05) is 6.92 Å². The van der Waals surface area contributed by atoms with Crippen LogP contribution in [0.2, 0.25) is 0 Å². The van der Waals surface area contributed by atoms with Crippen molar-refractivity contribution in [2.45, 2.75) is 32.4 Å². The third kappa shape index (κ3) is 4.35. The molecular weight excluding hydrogens is 283 g/mol. The van der Waals surface area contributed by atoms with Crippen LogP contribution < -0.4 is 15.4 Å². The summed E-state index contributed by atoms with van der Waals surface area (Å²) in [6, 6.07) is 4.64. The SMILES string of the molecule is CCOc1ccc(CNC(=O)C2CCCN2)cc1F.Cl. The first-order chi connectivity index (χ1) is 9.20. The van der Waals surface area contributed by atoms with E-state index < -0.39 is 5.82 Å². The Morgan fingerprint density at radius 3 is 2.95 bits per heavy atom. The zero-order chi connectivity index (χ0) is 13.7. The van der Waals surface area contributed by atoms with E-state index in [1.54, 1.807) is 12.1 Å². The molecule has 0 spiro atoms. The number of rotatable bonds is 5. The Morgan fingerprint density at radius 1 is 1.55 bits per heavy atom. The zero-order valence-electron chi connectivity index (χ0n) is 11.4. The van der Waals surface area contributed by atoms with E-state index in [2.05, 4.69) is 10.6 Å². The number of nitrogens with one attached hydrogen (secondary N) is 2. The number of carbonyl (C=O) groups excluding carboxylic acids is 1. The Balaban J connectivity index is 0.00000200. The molecule has 1 fully saturated rings. The van der Waals surface area contributed by atoms with Gasteiger partial charge in [0, 0.05) is 6.54 Å². The monoisotopic (exact) mass is 302 g/mol. The molecule has 1 aliphatic rings. The average molecular weight is 303 g/mol. The van der Waals surface area contributed by atoms with Crippen molar-refractivity contribution < 1.29 is 13.9 Å². The van der Waals surface area contributed by atoms with E-state index in [4.69, 9.17) is 4.74 Å². The second-order valence-corrected chi connectivity index (χ2v) is 4.56. The molecule has 0 aliphatic carbocycles. The van der Waals surface area contributed by atoms with E-state index in [9.17, 15) is 9.18 Å². The van der Waals surface area contributed by atoms with Gasteiger partial charge in [-0.15, -0.1) is 12.4 Å². The molecule has 1 amide bonds. The Labute approximate surface area is 124 Å². The first-order valence-corrected chi connectivity index (χ1v) is 6.63. The molecule has 0 saturated carbocycles. The lowest BCUT2D eigenvalue weighted by atomic mass is 10.2. The fourth-order valence-corrected chi connectivity index (χ4v) is 2.15. The summed E-state index contributed by atoms with van der Waals surface area (Å²) >= 11 is 0. The standard InChI is InChI=1S/C14H19FN2O2.ClH/c1-2-19-13-6-5-10(8-11(13)15)9-17-14(18)12-4-3-7-16-12;/h5-6,8,12,16H,2-4,7,9H2,1H3,(H,17,18);1H. The first-order valence-electron chi connectivity index (χ1n) is 6.63. The summed E-state index contributed by atoms with van der Waals surface area (Å²) in [5, 5.41) is 5.93. The molecule has 1 aromatic rings. The van der Waals surface area contributed by atoms with Crippen LogP contribution >= 0.6 is 12.4 Å². The van der Waals surface area contributed by atoms with E-state index in [0.717, 1.165) is 24.9 Å². The van der Waals surface area contributed by atoms with Crippen molar-refractivity contribution in [1.29, 1.82) is 0 Å². The minimum atomic E-state index is -0.396. The second-order valence-electron chi connectivity index (χ2n) is 4.56. The highest BCUT2D eigenvalue weighted by atomic mass is 35.5. The fraction of sp³-hybridized carbons (Fsp3) is 0.500. The van der Waals surface area contributed by atoms with Gasteiger partial charge in [0.15, 0.2) is 11.6 Å². The van der Waals surface area contributed by atoms with Gasteiger partial charge in [0.25, 0.3) is 0 Å². The predicted octanol–water partition coefficient (Wildman–Crippen LogP) is 2.01. The van der Waals surface area contributed by atoms with Crippen molar-refractivity contribution in [3.8, 4) is 5.75 Å². The molecule has 20 heavy (non-hydrogen) atoms. The maximum atomic E-state index is 13.6. The molecule has 6 heteroatoms. The molecule has 1 heterocycles. The summed E-state index contributed by atoms with van der Waals surface area (Å²) < 4.78 is 18.7. The molecule has 1 aromatic carbocycles. The molecular formula is C14H20ClFN2O2. The number of amides is 1. The van der Waals surface area contributed by atoms with Crippen LogP contribution in [-0.2, 0) is 11.3 Å². The number of benzene rings is 1. The number of hydrogen-bond acceptors (Lipinski definition) is 3. The van der Waals surface area contributed by atoms with Crippen LogP contribution in [0.15, 0.2) is 18.2 Å². The normalized spacial score (nSPS) is 17.4. The zero-order valence-corrected chi connectivity index (χ0v) is 12.3. The third-order valence-electron chi connectivity index (χ3n) is 3.14. The summed E-state index contributed by atoms with van der Waals surface area (Å²) in [6.45, 7) is 3.46. The number of carbonyl (C=O) groups is 1. The van der Waals surface area contributed by atoms with Gasteiger partial charge in [-0.05, 0) is 44.0 Å². The number of halogens is 2. The highest BCUT2D eigenvalue weighted by molar-refractivity contribution is 5.85. The Kier molecular flexibility index (Phi) is 6.75. The van der Waals surface area contributed by atoms with Crippen molar-refractivity contribution in [2.24, 2.45) is 0 Å². The quantitative estimate of drug-likeness (QED) is 0.875. The number of ether oxygens (including phenoxy) is 1. The van der Waals surface area contributed by atoms with Crippen LogP contribution in [0.3, 0.4) is 0 Å². The van der Waals surface area contributed by atoms with Crippen molar-refractivity contribution in [3.63, 3.8) is 0 Å². The van der Waals surface area contributed by atoms with Crippen LogP contribution in [0, 0.1) is 5.82 Å². The van der Waals surface area contributed by atoms with E-state index in [0.29, 0.717) is 13.2 Å². The molecule has 1 atom stereocenters. The predicted molar refractivity (Wildman–Crippen MR) is 77.7 cm³/mol. The summed E-state index contributed by atoms with van der Waals surface area (Å²) in [7, 11) is 0. The third-order valence-corrected chi connectivity index (χ3v) is 3.14. The van der Waals surface area contributed by atoms with Gasteiger partial charge in [-0.25, -0.2) is 4.39 Å². The Bertz CT molecular complexity index is 451. The maximum absolute atomic E-state index is 13.6. The minimum absolute atomic E-state index is 0. The average Bonchev–Trinajstić information content (AvgIpc) is 2.93. The molecule has 1 saturated heterocycles. The molecule has 1 unspecified atom stereocenters. The molecule has 112 valence electrons. The van der Waals surface area contributed by atoms with Crippen LogP contribution in [-0.4, -0.2) is 25.1 Å².